The van der Waals surface area contributed by atoms with Crippen LogP contribution < -0.4 is 4.90 Å². The first kappa shape index (κ1) is 14.8. The van der Waals surface area contributed by atoms with Crippen LogP contribution in [0.1, 0.15) is 18.1 Å². The Hall–Kier alpha value is -3.13. The molecule has 0 aliphatic carbocycles. The van der Waals surface area contributed by atoms with Crippen LogP contribution in [0.2, 0.25) is 0 Å². The second-order valence-corrected chi connectivity index (χ2v) is 5.40. The van der Waals surface area contributed by atoms with Gasteiger partial charge in [0, 0.05) is 5.69 Å². The highest BCUT2D eigenvalue weighted by molar-refractivity contribution is 6.13. The van der Waals surface area contributed by atoms with Gasteiger partial charge in [-0.15, -0.1) is 0 Å². The normalized spacial score (nSPS) is 17.5. The lowest BCUT2D eigenvalue weighted by atomic mass is 10.1. The Morgan fingerprint density at radius 3 is 2.52 bits per heavy atom. The fourth-order valence-electron chi connectivity index (χ4n) is 2.72. The van der Waals surface area contributed by atoms with E-state index in [1.807, 2.05) is 30.3 Å². The summed E-state index contributed by atoms with van der Waals surface area (Å²) in [5.41, 5.74) is 1.97. The number of hydrogen-bond donors (Lipinski definition) is 0. The summed E-state index contributed by atoms with van der Waals surface area (Å²) in [7, 11) is 0. The number of carbonyl (C=O) groups is 2. The van der Waals surface area contributed by atoms with Gasteiger partial charge >= 0.3 is 6.03 Å². The molecular formula is C18H15N3O2. The third-order valence-electron chi connectivity index (χ3n) is 3.88. The number of imide groups is 1. The number of benzene rings is 2. The molecule has 1 heterocycles. The summed E-state index contributed by atoms with van der Waals surface area (Å²) in [6.07, 6.45) is 0. The molecule has 5 nitrogen and oxygen atoms in total. The lowest BCUT2D eigenvalue weighted by molar-refractivity contribution is -0.127. The quantitative estimate of drug-likeness (QED) is 0.819. The Kier molecular flexibility index (Phi) is 3.82. The topological polar surface area (TPSA) is 64.4 Å². The van der Waals surface area contributed by atoms with Crippen molar-refractivity contribution in [3.8, 4) is 6.07 Å². The Morgan fingerprint density at radius 2 is 1.83 bits per heavy atom. The zero-order valence-corrected chi connectivity index (χ0v) is 12.6. The lowest BCUT2D eigenvalue weighted by Gasteiger charge is -2.19. The summed E-state index contributed by atoms with van der Waals surface area (Å²) in [5.74, 6) is -0.235. The van der Waals surface area contributed by atoms with Gasteiger partial charge in [0.2, 0.25) is 0 Å². The maximum absolute atomic E-state index is 12.7. The van der Waals surface area contributed by atoms with E-state index >= 15 is 0 Å². The average molecular weight is 305 g/mol. The van der Waals surface area contributed by atoms with Gasteiger partial charge in [-0.3, -0.25) is 14.6 Å². The van der Waals surface area contributed by atoms with Gasteiger partial charge < -0.3 is 0 Å². The number of carbonyl (C=O) groups excluding carboxylic acids is 2. The Morgan fingerprint density at radius 1 is 1.09 bits per heavy atom. The molecule has 0 bridgehead atoms. The van der Waals surface area contributed by atoms with E-state index in [0.29, 0.717) is 11.3 Å². The van der Waals surface area contributed by atoms with Gasteiger partial charge in [-0.05, 0) is 36.8 Å². The van der Waals surface area contributed by atoms with Crippen LogP contribution in [-0.2, 0) is 11.3 Å². The maximum atomic E-state index is 12.7. The highest BCUT2D eigenvalue weighted by atomic mass is 16.2. The molecule has 1 fully saturated rings. The van der Waals surface area contributed by atoms with E-state index < -0.39 is 6.04 Å². The Balaban J connectivity index is 1.88. The van der Waals surface area contributed by atoms with Gasteiger partial charge in [0.05, 0.1) is 18.2 Å². The fourth-order valence-corrected chi connectivity index (χ4v) is 2.72. The summed E-state index contributed by atoms with van der Waals surface area (Å²) in [6.45, 7) is 1.89. The number of urea groups is 1. The molecule has 1 aliphatic rings. The molecule has 5 heteroatoms. The van der Waals surface area contributed by atoms with E-state index in [0.717, 1.165) is 5.56 Å². The van der Waals surface area contributed by atoms with Gasteiger partial charge in [-0.1, -0.05) is 30.3 Å². The summed E-state index contributed by atoms with van der Waals surface area (Å²) < 4.78 is 0. The smallest absolute Gasteiger partial charge is 0.282 e. The second kappa shape index (κ2) is 5.93. The van der Waals surface area contributed by atoms with Gasteiger partial charge in [0.1, 0.15) is 6.04 Å². The fraction of sp³-hybridized carbons (Fsp3) is 0.167. The number of para-hydroxylation sites is 1. The number of anilines is 1. The molecule has 0 aromatic heterocycles. The summed E-state index contributed by atoms with van der Waals surface area (Å²) in [6, 6.07) is 17.3. The van der Waals surface area contributed by atoms with E-state index in [2.05, 4.69) is 6.07 Å². The summed E-state index contributed by atoms with van der Waals surface area (Å²) >= 11 is 0. The van der Waals surface area contributed by atoms with E-state index in [1.54, 1.807) is 31.2 Å². The molecule has 0 saturated carbocycles. The predicted molar refractivity (Wildman–Crippen MR) is 85.5 cm³/mol. The van der Waals surface area contributed by atoms with Crippen molar-refractivity contribution in [3.05, 3.63) is 65.7 Å². The van der Waals surface area contributed by atoms with Crippen LogP contribution in [0.15, 0.2) is 54.6 Å². The Bertz CT molecular complexity index is 795. The van der Waals surface area contributed by atoms with Crippen LogP contribution in [-0.4, -0.2) is 22.9 Å². The Labute approximate surface area is 134 Å². The van der Waals surface area contributed by atoms with E-state index in [-0.39, 0.29) is 18.5 Å². The van der Waals surface area contributed by atoms with Crippen molar-refractivity contribution < 1.29 is 9.59 Å². The molecule has 1 saturated heterocycles. The molecule has 3 rings (SSSR count). The van der Waals surface area contributed by atoms with Gasteiger partial charge in [-0.25, -0.2) is 4.79 Å². The van der Waals surface area contributed by atoms with Gasteiger partial charge in [0.25, 0.3) is 5.91 Å². The maximum Gasteiger partial charge on any atom is 0.332 e. The molecule has 0 N–H and O–H groups in total. The predicted octanol–water partition coefficient (Wildman–Crippen LogP) is 2.92. The van der Waals surface area contributed by atoms with E-state index in [9.17, 15) is 9.59 Å². The molecule has 1 aliphatic heterocycles. The molecule has 0 spiro atoms. The van der Waals surface area contributed by atoms with Crippen LogP contribution in [0.25, 0.3) is 0 Å². The highest BCUT2D eigenvalue weighted by Crippen LogP contribution is 2.26. The van der Waals surface area contributed by atoms with Crippen LogP contribution in [0.5, 0.6) is 0 Å². The second-order valence-electron chi connectivity index (χ2n) is 5.40. The third-order valence-corrected chi connectivity index (χ3v) is 3.88. The first-order valence-electron chi connectivity index (χ1n) is 7.30. The molecule has 2 aromatic carbocycles. The van der Waals surface area contributed by atoms with Crippen LogP contribution in [0, 0.1) is 11.3 Å². The summed E-state index contributed by atoms with van der Waals surface area (Å²) in [4.78, 5) is 27.8. The molecule has 2 aromatic rings. The average Bonchev–Trinajstić information content (AvgIpc) is 2.79. The molecular weight excluding hydrogens is 290 g/mol. The molecule has 23 heavy (non-hydrogen) atoms. The van der Waals surface area contributed by atoms with Gasteiger partial charge in [0.15, 0.2) is 0 Å². The number of nitriles is 1. The zero-order valence-electron chi connectivity index (χ0n) is 12.6. The highest BCUT2D eigenvalue weighted by Gasteiger charge is 2.43. The van der Waals surface area contributed by atoms with Crippen molar-refractivity contribution in [3.63, 3.8) is 0 Å². The minimum atomic E-state index is -0.538. The van der Waals surface area contributed by atoms with Crippen molar-refractivity contribution in [2.45, 2.75) is 19.5 Å². The standard InChI is InChI=1S/C18H15N3O2/c1-13-17(22)20(12-15-7-5-6-14(10-15)11-19)18(23)21(13)16-8-3-2-4-9-16/h2-10,13H,12H2,1H3/t13-/m0/s1. The van der Waals surface area contributed by atoms with E-state index in [1.165, 1.54) is 9.80 Å². The van der Waals surface area contributed by atoms with Crippen molar-refractivity contribution in [2.75, 3.05) is 4.90 Å². The van der Waals surface area contributed by atoms with Gasteiger partial charge in [-0.2, -0.15) is 5.26 Å². The monoisotopic (exact) mass is 305 g/mol. The van der Waals surface area contributed by atoms with Crippen molar-refractivity contribution in [1.29, 1.82) is 5.26 Å². The number of hydrogen-bond acceptors (Lipinski definition) is 3. The number of nitrogens with zero attached hydrogens (tertiary/aromatic N) is 3. The van der Waals surface area contributed by atoms with Crippen molar-refractivity contribution in [2.24, 2.45) is 0 Å². The molecule has 0 unspecified atom stereocenters. The lowest BCUT2D eigenvalue weighted by Crippen LogP contribution is -2.33. The first-order chi connectivity index (χ1) is 11.1. The van der Waals surface area contributed by atoms with Crippen LogP contribution in [0.4, 0.5) is 10.5 Å². The molecule has 1 atom stereocenters. The number of amides is 3. The summed E-state index contributed by atoms with van der Waals surface area (Å²) in [5, 5.41) is 8.95. The molecule has 0 radical (unpaired) electrons. The third kappa shape index (κ3) is 2.67. The largest absolute Gasteiger partial charge is 0.332 e. The zero-order chi connectivity index (χ0) is 16.4. The molecule has 114 valence electrons. The number of rotatable bonds is 3. The van der Waals surface area contributed by atoms with Crippen LogP contribution >= 0.6 is 0 Å². The van der Waals surface area contributed by atoms with Crippen molar-refractivity contribution >= 4 is 17.6 Å². The SMILES string of the molecule is C[C@H]1C(=O)N(Cc2cccc(C#N)c2)C(=O)N1c1ccccc1. The minimum absolute atomic E-state index is 0.168. The molecule has 3 amide bonds. The minimum Gasteiger partial charge on any atom is -0.282 e. The van der Waals surface area contributed by atoms with Crippen molar-refractivity contribution in [1.82, 2.24) is 4.90 Å². The first-order valence-corrected chi connectivity index (χ1v) is 7.30. The van der Waals surface area contributed by atoms with E-state index in [4.69, 9.17) is 5.26 Å². The van der Waals surface area contributed by atoms with Crippen LogP contribution in [0.3, 0.4) is 0 Å².